The zero-order valence-electron chi connectivity index (χ0n) is 74.7. The van der Waals surface area contributed by atoms with Crippen LogP contribution in [-0.2, 0) is 10.8 Å². The van der Waals surface area contributed by atoms with Gasteiger partial charge in [-0.1, -0.05) is 247 Å². The minimum Gasteiger partial charge on any atom is -0.458 e. The predicted octanol–water partition coefficient (Wildman–Crippen LogP) is 25.8. The van der Waals surface area contributed by atoms with Crippen LogP contribution in [0, 0.1) is 41.5 Å². The van der Waals surface area contributed by atoms with Crippen LogP contribution in [0.1, 0.15) is 86.1 Å². The van der Waals surface area contributed by atoms with Gasteiger partial charge in [0.15, 0.2) is 0 Å². The van der Waals surface area contributed by atoms with Gasteiger partial charge >= 0.3 is 0 Å². The summed E-state index contributed by atoms with van der Waals surface area (Å²) in [5.74, 6) is 4.49. The van der Waals surface area contributed by atoms with Crippen molar-refractivity contribution in [2.45, 2.75) is 93.9 Å². The molecule has 0 atom stereocenters. The maximum atomic E-state index is 8.02. The lowest BCUT2D eigenvalue weighted by Gasteiger charge is -2.47. The van der Waals surface area contributed by atoms with E-state index in [2.05, 4.69) is 440 Å². The lowest BCUT2D eigenvalue weighted by molar-refractivity contribution is 0.467. The summed E-state index contributed by atoms with van der Waals surface area (Å²) in [5.41, 5.74) is 39.0. The predicted molar refractivity (Wildman–Crippen MR) is 543 cm³/mol. The Labute approximate surface area is 758 Å². The molecule has 6 aliphatic rings. The first-order chi connectivity index (χ1) is 63.2. The van der Waals surface area contributed by atoms with Crippen LogP contribution in [0.3, 0.4) is 0 Å². The molecule has 0 unspecified atom stereocenters. The first-order valence-electron chi connectivity index (χ1n) is 45.3. The van der Waals surface area contributed by atoms with Gasteiger partial charge in [-0.15, -0.1) is 0 Å². The number of nitrogens with zero attached hydrogens (tertiary/aromatic N) is 5. The highest BCUT2D eigenvalue weighted by atomic mass is 16.5. The topological polar surface area (TPSA) is 82.2 Å². The molecule has 2 aromatic heterocycles. The Bertz CT molecular complexity index is 7420. The van der Waals surface area contributed by atoms with Crippen molar-refractivity contribution in [3.05, 3.63) is 372 Å². The minimum atomic E-state index is -0.445. The number of fused-ring (bicyclic) bond motifs is 20. The zero-order chi connectivity index (χ0) is 87.8. The summed E-state index contributed by atoms with van der Waals surface area (Å²) >= 11 is 0. The second-order valence-electron chi connectivity index (χ2n) is 38.3. The van der Waals surface area contributed by atoms with Crippen molar-refractivity contribution < 1.29 is 23.0 Å². The highest BCUT2D eigenvalue weighted by Gasteiger charge is 2.51. The Morgan fingerprint density at radius 3 is 1.05 bits per heavy atom. The number of aryl methyl sites for hydroxylation is 6. The van der Waals surface area contributed by atoms with E-state index in [0.717, 1.165) is 241 Å². The largest absolute Gasteiger partial charge is 0.458 e. The van der Waals surface area contributed by atoms with Crippen LogP contribution in [-0.4, -0.2) is 20.1 Å². The van der Waals surface area contributed by atoms with Gasteiger partial charge in [-0.2, -0.15) is 0 Å². The summed E-state index contributed by atoms with van der Waals surface area (Å²) in [7, 11) is 0. The van der Waals surface area contributed by atoms with Crippen LogP contribution in [0.15, 0.2) is 336 Å². The number of para-hydroxylation sites is 8. The molecule has 0 saturated heterocycles. The number of furan rings is 2. The van der Waals surface area contributed by atoms with Crippen LogP contribution in [0.2, 0.25) is 0 Å². The quantitative estimate of drug-likeness (QED) is 0.126. The van der Waals surface area contributed by atoms with Gasteiger partial charge in [-0.25, -0.2) is 0 Å². The standard InChI is InChI=1S/C116H91B3N6O5/c1-67-53-69(3)109(70(4)54-67)124-94-65-92-88(117-86-49-51-98-104(82-45-31-47-84(111(82)127-98)115(7,8)9)113(86)129-101-60-79(57-93(120-92)106(101)117)121(73-33-19-13-20-34-73)74-35-21-14-22-36-74)63-89(94)119-90-64-91-100(66-95(90)125(110-71(5)55-68(2)56-72(110)6)97-59-80(58-96(124)107(97)119)122(75-37-23-15-24-38-75)76-39-25-16-26-40-76)126-102-61-81(123(77-41-27-17-28-42-77)78-43-29-18-30-44-78)62-103-108(102)118(91)87-50-52-99-105(114(87)130-103)83-46-32-48-85(112(83)128-99)116(10,11)12/h13-66,120H,1-12H3. The Morgan fingerprint density at radius 1 is 0.277 bits per heavy atom. The van der Waals surface area contributed by atoms with Gasteiger partial charge in [0.05, 0.1) is 39.2 Å². The maximum absolute atomic E-state index is 8.02. The molecule has 19 aromatic rings. The summed E-state index contributed by atoms with van der Waals surface area (Å²) in [4.78, 5) is 12.4. The van der Waals surface area contributed by atoms with Crippen molar-refractivity contribution >= 4 is 210 Å². The van der Waals surface area contributed by atoms with Gasteiger partial charge in [0.2, 0.25) is 0 Å². The van der Waals surface area contributed by atoms with Crippen molar-refractivity contribution in [3.63, 3.8) is 0 Å². The van der Waals surface area contributed by atoms with Crippen molar-refractivity contribution in [1.82, 2.24) is 0 Å². The summed E-state index contributed by atoms with van der Waals surface area (Å²) in [6.45, 7) is 26.0. The minimum absolute atomic E-state index is 0.221. The molecule has 17 aromatic carbocycles. The van der Waals surface area contributed by atoms with Crippen molar-refractivity contribution in [1.29, 1.82) is 0 Å². The molecule has 1 N–H and O–H groups in total. The van der Waals surface area contributed by atoms with E-state index in [-0.39, 0.29) is 17.5 Å². The normalized spacial score (nSPS) is 13.4. The Kier molecular flexibility index (Phi) is 17.0. The van der Waals surface area contributed by atoms with E-state index >= 15 is 0 Å². The van der Waals surface area contributed by atoms with Crippen LogP contribution in [0.25, 0.3) is 43.9 Å². The number of anilines is 17. The molecule has 0 bridgehead atoms. The average Bonchev–Trinajstić information content (AvgIpc) is 1.21. The Hall–Kier alpha value is -15.3. The number of rotatable bonds is 11. The molecule has 25 rings (SSSR count). The Morgan fingerprint density at radius 2 is 0.638 bits per heavy atom. The van der Waals surface area contributed by atoms with Crippen molar-refractivity contribution in [2.75, 3.05) is 29.8 Å². The fourth-order valence-corrected chi connectivity index (χ4v) is 22.7. The fourth-order valence-electron chi connectivity index (χ4n) is 22.7. The highest BCUT2D eigenvalue weighted by molar-refractivity contribution is 7.04. The van der Waals surface area contributed by atoms with Gasteiger partial charge < -0.3 is 52.9 Å². The summed E-state index contributed by atoms with van der Waals surface area (Å²) in [5, 5.41) is 8.23. The monoisotopic (exact) mass is 1680 g/mol. The number of ether oxygens (including phenoxy) is 3. The van der Waals surface area contributed by atoms with Crippen LogP contribution < -0.4 is 93.2 Å². The van der Waals surface area contributed by atoms with E-state index in [0.29, 0.717) is 11.5 Å². The van der Waals surface area contributed by atoms with E-state index < -0.39 is 13.4 Å². The second kappa shape index (κ2) is 28.6. The van der Waals surface area contributed by atoms with E-state index in [4.69, 9.17) is 23.0 Å². The molecule has 6 aliphatic heterocycles. The SMILES string of the molecule is Cc1cc(C)c(N2c3cc4c(cc3B3c5cc6c(cc5N(c5c(C)cc(C)cc5C)c5cc(N(c7ccccc7)c7ccccc7)cc2c53)Oc2cc(N(c3ccccc3)c3ccccc3)cc3c2B6c2ccc5oc6c(C(C)(C)C)cccc6c5c2O3)B2c3ccc5oc6c(C(C)(C)C)cccc6c5c3Oc3cc(N(c5ccccc5)c5ccccc5)cc(c32)N4)c(C)c1. The lowest BCUT2D eigenvalue weighted by Crippen LogP contribution is -2.65. The van der Waals surface area contributed by atoms with E-state index in [9.17, 15) is 0 Å². The smallest absolute Gasteiger partial charge is 0.260 e. The molecule has 0 saturated carbocycles. The van der Waals surface area contributed by atoms with Crippen LogP contribution in [0.5, 0.6) is 34.5 Å². The zero-order valence-corrected chi connectivity index (χ0v) is 74.7. The third-order valence-electron chi connectivity index (χ3n) is 27.8. The molecule has 0 aliphatic carbocycles. The van der Waals surface area contributed by atoms with Crippen molar-refractivity contribution in [2.24, 2.45) is 0 Å². The molecule has 11 nitrogen and oxygen atoms in total. The van der Waals surface area contributed by atoms with E-state index in [1.165, 1.54) is 16.6 Å². The molecule has 0 radical (unpaired) electrons. The number of nitrogens with one attached hydrogen (secondary N) is 1. The molecule has 14 heteroatoms. The molecule has 624 valence electrons. The van der Waals surface area contributed by atoms with E-state index in [1.807, 2.05) is 0 Å². The molecule has 0 fully saturated rings. The molecule has 0 amide bonds. The maximum Gasteiger partial charge on any atom is 0.260 e. The van der Waals surface area contributed by atoms with Crippen LogP contribution >= 0.6 is 0 Å². The van der Waals surface area contributed by atoms with Gasteiger partial charge in [-0.3, -0.25) is 0 Å². The average molecular weight is 1680 g/mol. The third kappa shape index (κ3) is 11.7. The molecular weight excluding hydrogens is 1590 g/mol. The number of hydrogen-bond acceptors (Lipinski definition) is 11. The molecule has 130 heavy (non-hydrogen) atoms. The fraction of sp³-hybridized carbons (Fsp3) is 0.121. The first-order valence-corrected chi connectivity index (χ1v) is 45.3. The molecular formula is C116H91B3N6O5. The summed E-state index contributed by atoms with van der Waals surface area (Å²) < 4.78 is 38.0. The molecule has 0 spiro atoms. The second-order valence-corrected chi connectivity index (χ2v) is 38.3. The lowest BCUT2D eigenvalue weighted by atomic mass is 9.29. The van der Waals surface area contributed by atoms with Gasteiger partial charge in [0, 0.05) is 120 Å². The number of hydrogen-bond donors (Lipinski definition) is 1. The molecule has 8 heterocycles. The van der Waals surface area contributed by atoms with E-state index in [1.54, 1.807) is 0 Å². The number of benzene rings is 17. The van der Waals surface area contributed by atoms with Gasteiger partial charge in [0.1, 0.15) is 56.8 Å². The van der Waals surface area contributed by atoms with Gasteiger partial charge in [-0.05, 0) is 228 Å². The van der Waals surface area contributed by atoms with Crippen LogP contribution in [0.4, 0.5) is 96.7 Å². The van der Waals surface area contributed by atoms with Crippen molar-refractivity contribution in [3.8, 4) is 34.5 Å². The highest BCUT2D eigenvalue weighted by Crippen LogP contribution is 2.56. The summed E-state index contributed by atoms with van der Waals surface area (Å²) in [6.07, 6.45) is 0. The first kappa shape index (κ1) is 77.1. The van der Waals surface area contributed by atoms with Gasteiger partial charge in [0.25, 0.3) is 20.1 Å². The Balaban J connectivity index is 0.809. The summed E-state index contributed by atoms with van der Waals surface area (Å²) in [6, 6.07) is 120. The third-order valence-corrected chi connectivity index (χ3v) is 27.8.